The highest BCUT2D eigenvalue weighted by Crippen LogP contribution is 2.09. The zero-order chi connectivity index (χ0) is 13.5. The van der Waals surface area contributed by atoms with Crippen LogP contribution in [0.2, 0.25) is 0 Å². The van der Waals surface area contributed by atoms with Gasteiger partial charge in [0.2, 0.25) is 0 Å². The Labute approximate surface area is 116 Å². The molecule has 0 amide bonds. The monoisotopic (exact) mass is 250 g/mol. The lowest BCUT2D eigenvalue weighted by Gasteiger charge is -2.00. The third-order valence-electron chi connectivity index (χ3n) is 3.36. The van der Waals surface area contributed by atoms with E-state index >= 15 is 0 Å². The first-order valence-electron chi connectivity index (χ1n) is 8.23. The molecule has 0 fully saturated rings. The summed E-state index contributed by atoms with van der Waals surface area (Å²) in [4.78, 5) is 0. The average Bonchev–Trinajstić information content (AvgIpc) is 2.34. The minimum Gasteiger partial charge on any atom is -0.103 e. The fourth-order valence-corrected chi connectivity index (χ4v) is 2.11. The predicted molar refractivity (Wildman–Crippen MR) is 83.7 cm³/mol. The molecule has 0 heterocycles. The molecule has 0 N–H and O–H groups in total. The lowest BCUT2D eigenvalue weighted by molar-refractivity contribution is 0.542. The van der Waals surface area contributed by atoms with Crippen molar-refractivity contribution >= 4 is 0 Å². The Morgan fingerprint density at radius 1 is 0.667 bits per heavy atom. The maximum Gasteiger partial charge on any atom is 0.00886 e. The van der Waals surface area contributed by atoms with E-state index in [0.29, 0.717) is 0 Å². The van der Waals surface area contributed by atoms with Gasteiger partial charge in [-0.15, -0.1) is 11.8 Å². The van der Waals surface area contributed by atoms with Crippen LogP contribution < -0.4 is 0 Å². The van der Waals surface area contributed by atoms with Crippen molar-refractivity contribution in [2.75, 3.05) is 0 Å². The summed E-state index contributed by atoms with van der Waals surface area (Å²) in [6.07, 6.45) is 16.0. The summed E-state index contributed by atoms with van der Waals surface area (Å²) in [5, 5.41) is 0. The molecule has 0 saturated carbocycles. The first-order chi connectivity index (χ1) is 8.77. The van der Waals surface area contributed by atoms with Gasteiger partial charge in [0, 0.05) is 12.8 Å². The number of unbranched alkanes of at least 4 members (excludes halogenated alkanes) is 9. The van der Waals surface area contributed by atoms with Crippen LogP contribution in [0.25, 0.3) is 0 Å². The van der Waals surface area contributed by atoms with E-state index < -0.39 is 0 Å². The minimum atomic E-state index is 0.852. The van der Waals surface area contributed by atoms with Crippen LogP contribution in [0.1, 0.15) is 97.8 Å². The number of hydrogen-bond donors (Lipinski definition) is 0. The van der Waals surface area contributed by atoms with Crippen molar-refractivity contribution in [2.24, 2.45) is 5.92 Å². The van der Waals surface area contributed by atoms with Crippen molar-refractivity contribution in [3.63, 3.8) is 0 Å². The van der Waals surface area contributed by atoms with Gasteiger partial charge in [-0.2, -0.15) is 0 Å². The topological polar surface area (TPSA) is 0 Å². The first kappa shape index (κ1) is 17.6. The van der Waals surface area contributed by atoms with Crippen molar-refractivity contribution < 1.29 is 0 Å². The summed E-state index contributed by atoms with van der Waals surface area (Å²) < 4.78 is 0. The van der Waals surface area contributed by atoms with Gasteiger partial charge in [-0.1, -0.05) is 72.1 Å². The molecule has 0 aliphatic carbocycles. The Kier molecular flexibility index (Phi) is 14.3. The first-order valence-corrected chi connectivity index (χ1v) is 8.23. The molecule has 0 unspecified atom stereocenters. The lowest BCUT2D eigenvalue weighted by Crippen LogP contribution is -1.86. The van der Waals surface area contributed by atoms with Gasteiger partial charge in [-0.05, 0) is 18.8 Å². The van der Waals surface area contributed by atoms with E-state index in [9.17, 15) is 0 Å². The van der Waals surface area contributed by atoms with Crippen LogP contribution in [0.15, 0.2) is 0 Å². The molecule has 106 valence electrons. The number of rotatable bonds is 11. The normalized spacial score (nSPS) is 10.4. The smallest absolute Gasteiger partial charge is 0.00886 e. The average molecular weight is 250 g/mol. The van der Waals surface area contributed by atoms with Crippen LogP contribution in [0.4, 0.5) is 0 Å². The molecule has 0 spiro atoms. The molecule has 0 aromatic heterocycles. The molecule has 0 nitrogen and oxygen atoms in total. The fourth-order valence-electron chi connectivity index (χ4n) is 2.11. The third-order valence-corrected chi connectivity index (χ3v) is 3.36. The van der Waals surface area contributed by atoms with Crippen molar-refractivity contribution in [3.8, 4) is 11.8 Å². The van der Waals surface area contributed by atoms with Gasteiger partial charge in [0.1, 0.15) is 0 Å². The van der Waals surface area contributed by atoms with Crippen LogP contribution in [0.3, 0.4) is 0 Å². The van der Waals surface area contributed by atoms with E-state index in [4.69, 9.17) is 0 Å². The molecule has 18 heavy (non-hydrogen) atoms. The van der Waals surface area contributed by atoms with Gasteiger partial charge in [0.25, 0.3) is 0 Å². The standard InChI is InChI=1S/C18H34/c1-4-5-6-7-8-9-10-11-12-13-14-15-16-17-18(2)3/h18H,4-11,14-17H2,1-3H3. The molecule has 0 bridgehead atoms. The SMILES string of the molecule is CCCCCCCCCC#CCCCCC(C)C. The van der Waals surface area contributed by atoms with Gasteiger partial charge in [-0.25, -0.2) is 0 Å². The van der Waals surface area contributed by atoms with E-state index in [0.717, 1.165) is 18.8 Å². The molecule has 0 aliphatic heterocycles. The van der Waals surface area contributed by atoms with Gasteiger partial charge in [0.15, 0.2) is 0 Å². The van der Waals surface area contributed by atoms with Crippen molar-refractivity contribution in [1.29, 1.82) is 0 Å². The van der Waals surface area contributed by atoms with Gasteiger partial charge >= 0.3 is 0 Å². The Morgan fingerprint density at radius 2 is 1.17 bits per heavy atom. The molecular formula is C18H34. The second-order valence-electron chi connectivity index (χ2n) is 5.86. The lowest BCUT2D eigenvalue weighted by atomic mass is 10.1. The Balaban J connectivity index is 3.09. The molecule has 0 radical (unpaired) electrons. The highest BCUT2D eigenvalue weighted by molar-refractivity contribution is 4.98. The van der Waals surface area contributed by atoms with Crippen LogP contribution in [0.5, 0.6) is 0 Å². The summed E-state index contributed by atoms with van der Waals surface area (Å²) in [7, 11) is 0. The van der Waals surface area contributed by atoms with Crippen molar-refractivity contribution in [2.45, 2.75) is 97.8 Å². The van der Waals surface area contributed by atoms with E-state index in [1.54, 1.807) is 0 Å². The zero-order valence-corrected chi connectivity index (χ0v) is 13.1. The third kappa shape index (κ3) is 15.6. The highest BCUT2D eigenvalue weighted by atomic mass is 14.0. The quantitative estimate of drug-likeness (QED) is 0.296. The largest absolute Gasteiger partial charge is 0.103 e. The summed E-state index contributed by atoms with van der Waals surface area (Å²) in [5.74, 6) is 7.50. The van der Waals surface area contributed by atoms with E-state index in [1.165, 1.54) is 64.2 Å². The molecule has 0 atom stereocenters. The minimum absolute atomic E-state index is 0.852. The van der Waals surface area contributed by atoms with Crippen molar-refractivity contribution in [3.05, 3.63) is 0 Å². The van der Waals surface area contributed by atoms with Crippen molar-refractivity contribution in [1.82, 2.24) is 0 Å². The molecule has 0 rings (SSSR count). The molecule has 0 aromatic rings. The molecule has 0 aromatic carbocycles. The van der Waals surface area contributed by atoms with E-state index in [1.807, 2.05) is 0 Å². The van der Waals surface area contributed by atoms with Crippen LogP contribution in [-0.2, 0) is 0 Å². The Morgan fingerprint density at radius 3 is 1.72 bits per heavy atom. The highest BCUT2D eigenvalue weighted by Gasteiger charge is 1.92. The molecule has 0 heteroatoms. The molecular weight excluding hydrogens is 216 g/mol. The predicted octanol–water partition coefficient (Wildman–Crippen LogP) is 6.35. The summed E-state index contributed by atoms with van der Waals surface area (Å²) in [6.45, 7) is 6.87. The second-order valence-corrected chi connectivity index (χ2v) is 5.86. The van der Waals surface area contributed by atoms with Gasteiger partial charge < -0.3 is 0 Å². The summed E-state index contributed by atoms with van der Waals surface area (Å²) >= 11 is 0. The maximum absolute atomic E-state index is 3.33. The van der Waals surface area contributed by atoms with Gasteiger partial charge in [-0.3, -0.25) is 0 Å². The summed E-state index contributed by atoms with van der Waals surface area (Å²) in [6, 6.07) is 0. The fraction of sp³-hybridized carbons (Fsp3) is 0.889. The van der Waals surface area contributed by atoms with Gasteiger partial charge in [0.05, 0.1) is 0 Å². The molecule has 0 aliphatic rings. The summed E-state index contributed by atoms with van der Waals surface area (Å²) in [5.41, 5.74) is 0. The number of hydrogen-bond acceptors (Lipinski definition) is 0. The van der Waals surface area contributed by atoms with Crippen LogP contribution >= 0.6 is 0 Å². The van der Waals surface area contributed by atoms with E-state index in [-0.39, 0.29) is 0 Å². The zero-order valence-electron chi connectivity index (χ0n) is 13.1. The Bertz CT molecular complexity index is 204. The Hall–Kier alpha value is -0.440. The van der Waals surface area contributed by atoms with Crippen LogP contribution in [-0.4, -0.2) is 0 Å². The maximum atomic E-state index is 3.33. The molecule has 0 saturated heterocycles. The van der Waals surface area contributed by atoms with E-state index in [2.05, 4.69) is 32.6 Å². The van der Waals surface area contributed by atoms with Crippen LogP contribution in [0, 0.1) is 17.8 Å². The second kappa shape index (κ2) is 14.6.